The smallest absolute Gasteiger partial charge is 0.253 e. The van der Waals surface area contributed by atoms with E-state index in [-0.39, 0.29) is 5.56 Å². The van der Waals surface area contributed by atoms with Crippen molar-refractivity contribution in [3.05, 3.63) is 58.9 Å². The first-order chi connectivity index (χ1) is 9.40. The van der Waals surface area contributed by atoms with Gasteiger partial charge in [0.2, 0.25) is 11.6 Å². The zero-order valence-corrected chi connectivity index (χ0v) is 9.65. The van der Waals surface area contributed by atoms with Gasteiger partial charge < -0.3 is 5.32 Å². The fraction of sp³-hybridized carbons (Fsp3) is 0.0833. The molecule has 0 saturated carbocycles. The van der Waals surface area contributed by atoms with E-state index in [2.05, 4.69) is 4.98 Å². The fourth-order valence-electron chi connectivity index (χ4n) is 1.49. The van der Waals surface area contributed by atoms with Crippen LogP contribution in [0.25, 0.3) is 0 Å². The van der Waals surface area contributed by atoms with E-state index >= 15 is 0 Å². The molecule has 0 radical (unpaired) electrons. The molecule has 2 nitrogen and oxygen atoms in total. The van der Waals surface area contributed by atoms with Crippen molar-refractivity contribution >= 4 is 5.69 Å². The highest BCUT2D eigenvalue weighted by molar-refractivity contribution is 5.46. The van der Waals surface area contributed by atoms with Gasteiger partial charge in [0, 0.05) is 18.2 Å². The van der Waals surface area contributed by atoms with E-state index in [1.807, 2.05) is 5.32 Å². The van der Waals surface area contributed by atoms with Gasteiger partial charge in [-0.2, -0.15) is 22.5 Å². The van der Waals surface area contributed by atoms with Crippen molar-refractivity contribution in [1.29, 1.82) is 0 Å². The molecule has 0 fully saturated rings. The lowest BCUT2D eigenvalue weighted by Gasteiger charge is -2.10. The maximum atomic E-state index is 13.3. The molecule has 20 heavy (non-hydrogen) atoms. The van der Waals surface area contributed by atoms with Gasteiger partial charge in [0.05, 0.1) is 0 Å². The van der Waals surface area contributed by atoms with Gasteiger partial charge in [-0.25, -0.2) is 8.78 Å². The summed E-state index contributed by atoms with van der Waals surface area (Å²) in [5.74, 6) is -8.91. The van der Waals surface area contributed by atoms with E-state index in [1.165, 1.54) is 0 Å². The minimum Gasteiger partial charge on any atom is -0.376 e. The number of nitrogens with zero attached hydrogens (tertiary/aromatic N) is 1. The molecule has 0 bridgehead atoms. The summed E-state index contributed by atoms with van der Waals surface area (Å²) in [6.45, 7) is -0.497. The number of hydrogen-bond acceptors (Lipinski definition) is 2. The Labute approximate surface area is 109 Å². The summed E-state index contributed by atoms with van der Waals surface area (Å²) >= 11 is 0. The number of hydrogen-bond donors (Lipinski definition) is 1. The number of nitrogens with one attached hydrogen (secondary N) is 1. The Morgan fingerprint density at radius 3 is 2.05 bits per heavy atom. The number of halogens is 6. The molecule has 1 aromatic carbocycles. The summed E-state index contributed by atoms with van der Waals surface area (Å²) in [7, 11) is 0. The predicted molar refractivity (Wildman–Crippen MR) is 57.8 cm³/mol. The number of benzene rings is 1. The number of pyridine rings is 1. The van der Waals surface area contributed by atoms with E-state index in [4.69, 9.17) is 0 Å². The third-order valence-electron chi connectivity index (χ3n) is 2.47. The highest BCUT2D eigenvalue weighted by atomic mass is 19.2. The molecule has 0 spiro atoms. The molecule has 2 aromatic rings. The fourth-order valence-corrected chi connectivity index (χ4v) is 1.49. The van der Waals surface area contributed by atoms with Gasteiger partial charge in [-0.3, -0.25) is 0 Å². The van der Waals surface area contributed by atoms with Crippen molar-refractivity contribution < 1.29 is 26.3 Å². The minimum atomic E-state index is -1.83. The molecule has 1 aromatic heterocycles. The van der Waals surface area contributed by atoms with Gasteiger partial charge in [-0.05, 0) is 6.07 Å². The quantitative estimate of drug-likeness (QED) is 0.691. The molecule has 2 rings (SSSR count). The van der Waals surface area contributed by atoms with Crippen molar-refractivity contribution in [2.24, 2.45) is 0 Å². The lowest BCUT2D eigenvalue weighted by Crippen LogP contribution is -2.10. The minimum absolute atomic E-state index is 0.136. The molecule has 1 N–H and O–H groups in total. The Morgan fingerprint density at radius 2 is 1.50 bits per heavy atom. The molecule has 0 amide bonds. The van der Waals surface area contributed by atoms with Crippen molar-refractivity contribution in [2.45, 2.75) is 6.54 Å². The topological polar surface area (TPSA) is 24.9 Å². The van der Waals surface area contributed by atoms with Gasteiger partial charge in [0.15, 0.2) is 0 Å². The third-order valence-corrected chi connectivity index (χ3v) is 2.47. The van der Waals surface area contributed by atoms with Crippen LogP contribution in [0, 0.1) is 35.2 Å². The molecular weight excluding hydrogens is 286 g/mol. The zero-order valence-electron chi connectivity index (χ0n) is 9.65. The number of rotatable bonds is 3. The van der Waals surface area contributed by atoms with Crippen LogP contribution in [0.2, 0.25) is 0 Å². The van der Waals surface area contributed by atoms with Crippen LogP contribution in [-0.4, -0.2) is 4.98 Å². The maximum absolute atomic E-state index is 13.3. The summed E-state index contributed by atoms with van der Waals surface area (Å²) < 4.78 is 78.1. The van der Waals surface area contributed by atoms with E-state index in [0.29, 0.717) is 6.07 Å². The normalized spacial score (nSPS) is 10.7. The monoisotopic (exact) mass is 292 g/mol. The summed E-state index contributed by atoms with van der Waals surface area (Å²) in [6.07, 6.45) is 0. The van der Waals surface area contributed by atoms with Crippen LogP contribution in [0.5, 0.6) is 0 Å². The van der Waals surface area contributed by atoms with Crippen molar-refractivity contribution in [3.63, 3.8) is 0 Å². The zero-order chi connectivity index (χ0) is 14.9. The molecule has 0 unspecified atom stereocenters. The van der Waals surface area contributed by atoms with Crippen LogP contribution < -0.4 is 5.32 Å². The Kier molecular flexibility index (Phi) is 3.82. The lowest BCUT2D eigenvalue weighted by molar-refractivity contribution is 0.410. The maximum Gasteiger partial charge on any atom is 0.253 e. The van der Waals surface area contributed by atoms with Gasteiger partial charge in [-0.15, -0.1) is 0 Å². The molecule has 0 aliphatic rings. The largest absolute Gasteiger partial charge is 0.376 e. The Bertz CT molecular complexity index is 633. The van der Waals surface area contributed by atoms with Gasteiger partial charge in [0.25, 0.3) is 11.9 Å². The highest BCUT2D eigenvalue weighted by Crippen LogP contribution is 2.23. The van der Waals surface area contributed by atoms with Crippen LogP contribution in [0.1, 0.15) is 5.56 Å². The van der Waals surface area contributed by atoms with Crippen LogP contribution >= 0.6 is 0 Å². The third kappa shape index (κ3) is 2.68. The molecule has 106 valence electrons. The summed E-state index contributed by atoms with van der Waals surface area (Å²) in [6, 6.07) is 2.53. The summed E-state index contributed by atoms with van der Waals surface area (Å²) in [5, 5.41) is 2.01. The summed E-state index contributed by atoms with van der Waals surface area (Å²) in [5.41, 5.74) is -1.25. The second kappa shape index (κ2) is 5.40. The SMILES string of the molecule is Fc1ccc(CNc2c(F)c(F)nc(F)c2F)c(F)c1. The molecule has 1 heterocycles. The Morgan fingerprint density at radius 1 is 0.900 bits per heavy atom. The standard InChI is InChI=1S/C12H6F6N2/c13-6-2-1-5(7(14)3-6)4-19-10-8(15)11(17)20-12(18)9(10)16/h1-3H,4H2,(H,19,20). The first kappa shape index (κ1) is 14.2. The van der Waals surface area contributed by atoms with E-state index in [9.17, 15) is 26.3 Å². The van der Waals surface area contributed by atoms with Crippen LogP contribution in [0.15, 0.2) is 18.2 Å². The van der Waals surface area contributed by atoms with Gasteiger partial charge in [0.1, 0.15) is 17.3 Å². The average Bonchev–Trinajstić information content (AvgIpc) is 2.38. The van der Waals surface area contributed by atoms with E-state index in [1.54, 1.807) is 0 Å². The predicted octanol–water partition coefficient (Wildman–Crippen LogP) is 3.53. The Balaban J connectivity index is 2.27. The van der Waals surface area contributed by atoms with E-state index in [0.717, 1.165) is 12.1 Å². The Hall–Kier alpha value is -2.25. The second-order valence-electron chi connectivity index (χ2n) is 3.79. The van der Waals surface area contributed by atoms with Gasteiger partial charge >= 0.3 is 0 Å². The molecule has 0 atom stereocenters. The molecule has 0 saturated heterocycles. The number of anilines is 1. The molecule has 8 heteroatoms. The first-order valence-corrected chi connectivity index (χ1v) is 5.28. The van der Waals surface area contributed by atoms with Crippen LogP contribution in [0.4, 0.5) is 32.0 Å². The molecule has 0 aliphatic carbocycles. The lowest BCUT2D eigenvalue weighted by atomic mass is 10.2. The highest BCUT2D eigenvalue weighted by Gasteiger charge is 2.20. The number of aromatic nitrogens is 1. The van der Waals surface area contributed by atoms with Gasteiger partial charge in [-0.1, -0.05) is 6.07 Å². The summed E-state index contributed by atoms with van der Waals surface area (Å²) in [4.78, 5) is 2.37. The average molecular weight is 292 g/mol. The van der Waals surface area contributed by atoms with Crippen LogP contribution in [-0.2, 0) is 6.54 Å². The molecular formula is C12H6F6N2. The van der Waals surface area contributed by atoms with E-state index < -0.39 is 47.4 Å². The van der Waals surface area contributed by atoms with Crippen molar-refractivity contribution in [3.8, 4) is 0 Å². The van der Waals surface area contributed by atoms with Crippen LogP contribution in [0.3, 0.4) is 0 Å². The first-order valence-electron chi connectivity index (χ1n) is 5.28. The van der Waals surface area contributed by atoms with Crippen molar-refractivity contribution in [2.75, 3.05) is 5.32 Å². The second-order valence-corrected chi connectivity index (χ2v) is 3.79. The van der Waals surface area contributed by atoms with Crippen molar-refractivity contribution in [1.82, 2.24) is 4.98 Å². The molecule has 0 aliphatic heterocycles.